The number of pyridine rings is 2. The van der Waals surface area contributed by atoms with Gasteiger partial charge in [0.05, 0.1) is 11.9 Å². The van der Waals surface area contributed by atoms with Crippen molar-refractivity contribution in [3.05, 3.63) is 58.5 Å². The standard InChI is InChI=1S/C11H9FN2O/c1-8-3-2-6-14(11(8)15)9-4-5-10(12)13-7-9/h2-7H,1H3. The molecule has 2 aromatic rings. The maximum Gasteiger partial charge on any atom is 0.258 e. The lowest BCUT2D eigenvalue weighted by atomic mass is 10.3. The monoisotopic (exact) mass is 204 g/mol. The Balaban J connectivity index is 2.59. The zero-order valence-electron chi connectivity index (χ0n) is 8.14. The van der Waals surface area contributed by atoms with Crippen molar-refractivity contribution in [2.24, 2.45) is 0 Å². The van der Waals surface area contributed by atoms with Crippen molar-refractivity contribution >= 4 is 0 Å². The first-order valence-electron chi connectivity index (χ1n) is 4.49. The Labute approximate surface area is 85.8 Å². The molecule has 15 heavy (non-hydrogen) atoms. The average molecular weight is 204 g/mol. The van der Waals surface area contributed by atoms with Crippen molar-refractivity contribution in [3.63, 3.8) is 0 Å². The van der Waals surface area contributed by atoms with Crippen molar-refractivity contribution < 1.29 is 4.39 Å². The Morgan fingerprint density at radius 1 is 1.33 bits per heavy atom. The highest BCUT2D eigenvalue weighted by molar-refractivity contribution is 5.29. The molecule has 0 amide bonds. The van der Waals surface area contributed by atoms with Crippen LogP contribution in [0.2, 0.25) is 0 Å². The second-order valence-corrected chi connectivity index (χ2v) is 3.21. The molecular formula is C11H9FN2O. The van der Waals surface area contributed by atoms with Crippen molar-refractivity contribution in [1.29, 1.82) is 0 Å². The average Bonchev–Trinajstić information content (AvgIpc) is 2.24. The highest BCUT2D eigenvalue weighted by atomic mass is 19.1. The van der Waals surface area contributed by atoms with Crippen LogP contribution in [0.4, 0.5) is 4.39 Å². The van der Waals surface area contributed by atoms with E-state index < -0.39 is 5.95 Å². The first-order valence-corrected chi connectivity index (χ1v) is 4.49. The fourth-order valence-corrected chi connectivity index (χ4v) is 1.32. The van der Waals surface area contributed by atoms with Crippen molar-refractivity contribution in [2.75, 3.05) is 0 Å². The summed E-state index contributed by atoms with van der Waals surface area (Å²) in [7, 11) is 0. The van der Waals surface area contributed by atoms with E-state index in [4.69, 9.17) is 0 Å². The maximum absolute atomic E-state index is 12.6. The number of nitrogens with zero attached hydrogens (tertiary/aromatic N) is 2. The minimum atomic E-state index is -0.556. The fraction of sp³-hybridized carbons (Fsp3) is 0.0909. The summed E-state index contributed by atoms with van der Waals surface area (Å²) in [6.45, 7) is 1.73. The smallest absolute Gasteiger partial charge is 0.258 e. The zero-order valence-corrected chi connectivity index (χ0v) is 8.14. The molecule has 0 N–H and O–H groups in total. The van der Waals surface area contributed by atoms with Gasteiger partial charge in [0.25, 0.3) is 5.56 Å². The van der Waals surface area contributed by atoms with Crippen LogP contribution in [0.5, 0.6) is 0 Å². The van der Waals surface area contributed by atoms with E-state index in [0.717, 1.165) is 0 Å². The van der Waals surface area contributed by atoms with E-state index in [2.05, 4.69) is 4.98 Å². The minimum Gasteiger partial charge on any atom is -0.283 e. The molecule has 0 aromatic carbocycles. The molecule has 2 rings (SSSR count). The normalized spacial score (nSPS) is 10.3. The van der Waals surface area contributed by atoms with E-state index in [1.165, 1.54) is 22.9 Å². The van der Waals surface area contributed by atoms with E-state index in [-0.39, 0.29) is 5.56 Å². The number of hydrogen-bond acceptors (Lipinski definition) is 2. The Morgan fingerprint density at radius 3 is 2.80 bits per heavy atom. The van der Waals surface area contributed by atoms with Crippen LogP contribution in [0.1, 0.15) is 5.56 Å². The molecule has 0 aliphatic heterocycles. The SMILES string of the molecule is Cc1cccn(-c2ccc(F)nc2)c1=O. The summed E-state index contributed by atoms with van der Waals surface area (Å²) in [6, 6.07) is 6.24. The van der Waals surface area contributed by atoms with Gasteiger partial charge in [-0.3, -0.25) is 9.36 Å². The van der Waals surface area contributed by atoms with Crippen LogP contribution in [0.3, 0.4) is 0 Å². The highest BCUT2D eigenvalue weighted by Crippen LogP contribution is 2.03. The lowest BCUT2D eigenvalue weighted by Crippen LogP contribution is -2.19. The van der Waals surface area contributed by atoms with Gasteiger partial charge in [0, 0.05) is 11.8 Å². The lowest BCUT2D eigenvalue weighted by molar-refractivity contribution is 0.583. The van der Waals surface area contributed by atoms with Gasteiger partial charge in [-0.15, -0.1) is 0 Å². The molecule has 0 radical (unpaired) electrons. The third kappa shape index (κ3) is 1.79. The number of halogens is 1. The third-order valence-electron chi connectivity index (χ3n) is 2.13. The van der Waals surface area contributed by atoms with Gasteiger partial charge in [-0.2, -0.15) is 4.39 Å². The molecule has 0 spiro atoms. The summed E-state index contributed by atoms with van der Waals surface area (Å²) in [4.78, 5) is 15.2. The summed E-state index contributed by atoms with van der Waals surface area (Å²) >= 11 is 0. The molecule has 3 nitrogen and oxygen atoms in total. The molecule has 0 atom stereocenters. The largest absolute Gasteiger partial charge is 0.283 e. The van der Waals surface area contributed by atoms with Gasteiger partial charge in [0.15, 0.2) is 0 Å². The van der Waals surface area contributed by atoms with E-state index in [1.807, 2.05) is 0 Å². The first-order chi connectivity index (χ1) is 7.18. The predicted octanol–water partition coefficient (Wildman–Crippen LogP) is 1.68. The summed E-state index contributed by atoms with van der Waals surface area (Å²) < 4.78 is 14.0. The number of aromatic nitrogens is 2. The van der Waals surface area contributed by atoms with Gasteiger partial charge >= 0.3 is 0 Å². The van der Waals surface area contributed by atoms with Gasteiger partial charge < -0.3 is 0 Å². The van der Waals surface area contributed by atoms with E-state index in [9.17, 15) is 9.18 Å². The summed E-state index contributed by atoms with van der Waals surface area (Å²) in [5, 5.41) is 0. The predicted molar refractivity (Wildman–Crippen MR) is 54.5 cm³/mol. The van der Waals surface area contributed by atoms with Gasteiger partial charge in [0.1, 0.15) is 0 Å². The van der Waals surface area contributed by atoms with Gasteiger partial charge in [-0.05, 0) is 25.1 Å². The lowest BCUT2D eigenvalue weighted by Gasteiger charge is -2.04. The number of aryl methyl sites for hydroxylation is 1. The molecule has 0 bridgehead atoms. The van der Waals surface area contributed by atoms with Gasteiger partial charge in [0.2, 0.25) is 5.95 Å². The number of hydrogen-bond donors (Lipinski definition) is 0. The van der Waals surface area contributed by atoms with Crippen molar-refractivity contribution in [3.8, 4) is 5.69 Å². The van der Waals surface area contributed by atoms with Crippen molar-refractivity contribution in [2.45, 2.75) is 6.92 Å². The van der Waals surface area contributed by atoms with Crippen LogP contribution in [-0.2, 0) is 0 Å². The highest BCUT2D eigenvalue weighted by Gasteiger charge is 2.01. The van der Waals surface area contributed by atoms with Gasteiger partial charge in [-0.25, -0.2) is 4.98 Å². The Bertz CT molecular complexity index is 531. The summed E-state index contributed by atoms with van der Waals surface area (Å²) in [6.07, 6.45) is 2.96. The van der Waals surface area contributed by atoms with Gasteiger partial charge in [-0.1, -0.05) is 6.07 Å². The van der Waals surface area contributed by atoms with Crippen LogP contribution in [0.25, 0.3) is 5.69 Å². The molecule has 0 saturated heterocycles. The third-order valence-corrected chi connectivity index (χ3v) is 2.13. The molecule has 0 aliphatic carbocycles. The summed E-state index contributed by atoms with van der Waals surface area (Å²) in [5.74, 6) is -0.556. The second-order valence-electron chi connectivity index (χ2n) is 3.21. The molecule has 0 saturated carbocycles. The van der Waals surface area contributed by atoms with Crippen LogP contribution < -0.4 is 5.56 Å². The zero-order chi connectivity index (χ0) is 10.8. The molecular weight excluding hydrogens is 195 g/mol. The quantitative estimate of drug-likeness (QED) is 0.662. The molecule has 76 valence electrons. The van der Waals surface area contributed by atoms with Crippen LogP contribution in [-0.4, -0.2) is 9.55 Å². The molecule has 2 aromatic heterocycles. The summed E-state index contributed by atoms with van der Waals surface area (Å²) in [5.41, 5.74) is 1.08. The van der Waals surface area contributed by atoms with E-state index in [1.54, 1.807) is 25.3 Å². The topological polar surface area (TPSA) is 34.9 Å². The van der Waals surface area contributed by atoms with E-state index >= 15 is 0 Å². The van der Waals surface area contributed by atoms with Crippen LogP contribution >= 0.6 is 0 Å². The minimum absolute atomic E-state index is 0.120. The van der Waals surface area contributed by atoms with Crippen LogP contribution in [0, 0.1) is 12.9 Å². The Morgan fingerprint density at radius 2 is 2.13 bits per heavy atom. The first kappa shape index (κ1) is 9.58. The molecule has 4 heteroatoms. The Hall–Kier alpha value is -1.97. The molecule has 0 aliphatic rings. The molecule has 0 unspecified atom stereocenters. The van der Waals surface area contributed by atoms with Crippen LogP contribution in [0.15, 0.2) is 41.5 Å². The molecule has 0 fully saturated rings. The fourth-order valence-electron chi connectivity index (χ4n) is 1.32. The second kappa shape index (κ2) is 3.65. The Kier molecular flexibility index (Phi) is 2.33. The number of rotatable bonds is 1. The van der Waals surface area contributed by atoms with Crippen molar-refractivity contribution in [1.82, 2.24) is 9.55 Å². The van der Waals surface area contributed by atoms with E-state index in [0.29, 0.717) is 11.3 Å². The maximum atomic E-state index is 12.6. The molecule has 2 heterocycles.